The highest BCUT2D eigenvalue weighted by Gasteiger charge is 2.34. The fourth-order valence-electron chi connectivity index (χ4n) is 2.29. The van der Waals surface area contributed by atoms with Gasteiger partial charge >= 0.3 is 0 Å². The minimum atomic E-state index is -3.40. The van der Waals surface area contributed by atoms with Crippen molar-refractivity contribution in [3.05, 3.63) is 12.4 Å². The third-order valence-corrected chi connectivity index (χ3v) is 5.51. The number of aryl methyl sites for hydroxylation is 1. The third kappa shape index (κ3) is 2.82. The second-order valence-electron chi connectivity index (χ2n) is 5.40. The minimum absolute atomic E-state index is 0.0482. The minimum Gasteiger partial charge on any atom is -0.377 e. The summed E-state index contributed by atoms with van der Waals surface area (Å²) in [6.45, 7) is 1.78. The Bertz CT molecular complexity index is 550. The number of hydrogen-bond donors (Lipinski definition) is 0. The van der Waals surface area contributed by atoms with Gasteiger partial charge < -0.3 is 4.74 Å². The van der Waals surface area contributed by atoms with Gasteiger partial charge in [0, 0.05) is 32.9 Å². The van der Waals surface area contributed by atoms with Gasteiger partial charge in [-0.05, 0) is 25.2 Å². The van der Waals surface area contributed by atoms with Crippen molar-refractivity contribution in [3.8, 4) is 0 Å². The first-order valence-electron chi connectivity index (χ1n) is 6.66. The first-order valence-corrected chi connectivity index (χ1v) is 8.10. The van der Waals surface area contributed by atoms with Gasteiger partial charge in [-0.15, -0.1) is 0 Å². The lowest BCUT2D eigenvalue weighted by Crippen LogP contribution is -2.30. The summed E-state index contributed by atoms with van der Waals surface area (Å²) in [5, 5.41) is 3.92. The van der Waals surface area contributed by atoms with E-state index in [2.05, 4.69) is 5.10 Å². The normalized spacial score (nSPS) is 25.0. The van der Waals surface area contributed by atoms with Gasteiger partial charge in [-0.2, -0.15) is 9.40 Å². The maximum atomic E-state index is 12.4. The van der Waals surface area contributed by atoms with Crippen LogP contribution in [-0.4, -0.2) is 48.3 Å². The predicted molar refractivity (Wildman–Crippen MR) is 69.0 cm³/mol. The molecule has 1 aliphatic carbocycles. The maximum absolute atomic E-state index is 12.4. The summed E-state index contributed by atoms with van der Waals surface area (Å²) in [6, 6.07) is 0. The molecule has 7 heteroatoms. The molecule has 1 saturated heterocycles. The average molecular weight is 285 g/mol. The van der Waals surface area contributed by atoms with Crippen LogP contribution in [-0.2, 0) is 21.8 Å². The molecule has 1 aromatic rings. The summed E-state index contributed by atoms with van der Waals surface area (Å²) in [7, 11) is -1.69. The lowest BCUT2D eigenvalue weighted by molar-refractivity contribution is 0.0561. The van der Waals surface area contributed by atoms with E-state index in [0.717, 1.165) is 13.0 Å². The fourth-order valence-corrected chi connectivity index (χ4v) is 3.76. The van der Waals surface area contributed by atoms with Crippen molar-refractivity contribution in [2.75, 3.05) is 19.7 Å². The summed E-state index contributed by atoms with van der Waals surface area (Å²) >= 11 is 0. The van der Waals surface area contributed by atoms with Crippen LogP contribution in [0.5, 0.6) is 0 Å². The Kier molecular flexibility index (Phi) is 3.36. The molecule has 106 valence electrons. The van der Waals surface area contributed by atoms with Crippen LogP contribution >= 0.6 is 0 Å². The zero-order chi connectivity index (χ0) is 13.5. The standard InChI is InChI=1S/C12H19N3O3S/c1-14-8-12(6-13-14)19(16,17)15-5-4-11(7-15)18-9-10-2-3-10/h6,8,10-11H,2-5,7,9H2,1H3. The number of rotatable bonds is 5. The van der Waals surface area contributed by atoms with Crippen molar-refractivity contribution in [1.29, 1.82) is 0 Å². The van der Waals surface area contributed by atoms with E-state index in [1.165, 1.54) is 34.2 Å². The lowest BCUT2D eigenvalue weighted by atomic mass is 10.3. The first kappa shape index (κ1) is 13.1. The Morgan fingerprint density at radius 2 is 2.21 bits per heavy atom. The first-order chi connectivity index (χ1) is 9.05. The molecule has 0 N–H and O–H groups in total. The van der Waals surface area contributed by atoms with E-state index >= 15 is 0 Å². The van der Waals surface area contributed by atoms with Crippen molar-refractivity contribution >= 4 is 10.0 Å². The van der Waals surface area contributed by atoms with Gasteiger partial charge in [-0.25, -0.2) is 8.42 Å². The molecule has 1 unspecified atom stereocenters. The molecule has 0 spiro atoms. The number of hydrogen-bond acceptors (Lipinski definition) is 4. The summed E-state index contributed by atoms with van der Waals surface area (Å²) in [5.74, 6) is 0.712. The quantitative estimate of drug-likeness (QED) is 0.795. The number of aromatic nitrogens is 2. The maximum Gasteiger partial charge on any atom is 0.246 e. The highest BCUT2D eigenvalue weighted by atomic mass is 32.2. The Morgan fingerprint density at radius 3 is 2.84 bits per heavy atom. The molecule has 0 bridgehead atoms. The lowest BCUT2D eigenvalue weighted by Gasteiger charge is -2.15. The molecule has 1 aliphatic heterocycles. The Hall–Kier alpha value is -0.920. The van der Waals surface area contributed by atoms with Gasteiger partial charge in [0.15, 0.2) is 0 Å². The Morgan fingerprint density at radius 1 is 1.42 bits per heavy atom. The van der Waals surface area contributed by atoms with E-state index in [1.54, 1.807) is 7.05 Å². The van der Waals surface area contributed by atoms with Gasteiger partial charge in [-0.1, -0.05) is 0 Å². The molecule has 6 nitrogen and oxygen atoms in total. The molecule has 0 aromatic carbocycles. The van der Waals surface area contributed by atoms with E-state index in [-0.39, 0.29) is 11.0 Å². The molecule has 0 radical (unpaired) electrons. The van der Waals surface area contributed by atoms with Crippen molar-refractivity contribution in [1.82, 2.24) is 14.1 Å². The smallest absolute Gasteiger partial charge is 0.246 e. The topological polar surface area (TPSA) is 64.4 Å². The molecule has 1 saturated carbocycles. The largest absolute Gasteiger partial charge is 0.377 e. The summed E-state index contributed by atoms with van der Waals surface area (Å²) in [5.41, 5.74) is 0. The van der Waals surface area contributed by atoms with Gasteiger partial charge in [-0.3, -0.25) is 4.68 Å². The molecule has 1 aromatic heterocycles. The Labute approximate surface area is 113 Å². The van der Waals surface area contributed by atoms with Crippen LogP contribution in [0.2, 0.25) is 0 Å². The van der Waals surface area contributed by atoms with Crippen LogP contribution in [0.1, 0.15) is 19.3 Å². The van der Waals surface area contributed by atoms with E-state index < -0.39 is 10.0 Å². The summed E-state index contributed by atoms with van der Waals surface area (Å²) < 4.78 is 33.5. The molecule has 2 aliphatic rings. The monoisotopic (exact) mass is 285 g/mol. The SMILES string of the molecule is Cn1cc(S(=O)(=O)N2CCC(OCC3CC3)C2)cn1. The molecule has 2 heterocycles. The molecule has 3 rings (SSSR count). The van der Waals surface area contributed by atoms with E-state index in [1.807, 2.05) is 0 Å². The fraction of sp³-hybridized carbons (Fsp3) is 0.750. The van der Waals surface area contributed by atoms with E-state index in [0.29, 0.717) is 19.0 Å². The summed E-state index contributed by atoms with van der Waals surface area (Å²) in [6.07, 6.45) is 6.27. The zero-order valence-electron chi connectivity index (χ0n) is 11.0. The molecule has 0 amide bonds. The van der Waals surface area contributed by atoms with Crippen molar-refractivity contribution in [2.45, 2.75) is 30.3 Å². The second-order valence-corrected chi connectivity index (χ2v) is 7.34. The van der Waals surface area contributed by atoms with Crippen LogP contribution in [0.3, 0.4) is 0 Å². The average Bonchev–Trinajstić information content (AvgIpc) is 2.89. The van der Waals surface area contributed by atoms with Gasteiger partial charge in [0.2, 0.25) is 10.0 Å². The Balaban J connectivity index is 1.62. The molecule has 19 heavy (non-hydrogen) atoms. The highest BCUT2D eigenvalue weighted by molar-refractivity contribution is 7.89. The number of sulfonamides is 1. The highest BCUT2D eigenvalue weighted by Crippen LogP contribution is 2.30. The van der Waals surface area contributed by atoms with Crippen LogP contribution in [0.15, 0.2) is 17.3 Å². The molecular weight excluding hydrogens is 266 g/mol. The number of nitrogens with zero attached hydrogens (tertiary/aromatic N) is 3. The van der Waals surface area contributed by atoms with Crippen molar-refractivity contribution in [3.63, 3.8) is 0 Å². The van der Waals surface area contributed by atoms with Crippen LogP contribution in [0.25, 0.3) is 0 Å². The van der Waals surface area contributed by atoms with Gasteiger partial charge in [0.1, 0.15) is 4.90 Å². The summed E-state index contributed by atoms with van der Waals surface area (Å²) in [4.78, 5) is 0.262. The van der Waals surface area contributed by atoms with E-state index in [4.69, 9.17) is 4.74 Å². The van der Waals surface area contributed by atoms with Crippen LogP contribution < -0.4 is 0 Å². The molecule has 1 atom stereocenters. The molecule has 2 fully saturated rings. The zero-order valence-corrected chi connectivity index (χ0v) is 11.8. The second kappa shape index (κ2) is 4.88. The predicted octanol–water partition coefficient (Wildman–Crippen LogP) is 0.610. The third-order valence-electron chi connectivity index (χ3n) is 3.69. The van der Waals surface area contributed by atoms with E-state index in [9.17, 15) is 8.42 Å². The molecular formula is C12H19N3O3S. The van der Waals surface area contributed by atoms with Crippen molar-refractivity contribution < 1.29 is 13.2 Å². The van der Waals surface area contributed by atoms with Crippen LogP contribution in [0, 0.1) is 5.92 Å². The van der Waals surface area contributed by atoms with Gasteiger partial charge in [0.25, 0.3) is 0 Å². The van der Waals surface area contributed by atoms with Crippen LogP contribution in [0.4, 0.5) is 0 Å². The van der Waals surface area contributed by atoms with Crippen molar-refractivity contribution in [2.24, 2.45) is 13.0 Å². The number of ether oxygens (including phenoxy) is 1. The van der Waals surface area contributed by atoms with Gasteiger partial charge in [0.05, 0.1) is 12.3 Å².